The summed E-state index contributed by atoms with van der Waals surface area (Å²) in [6.45, 7) is 3.39. The van der Waals surface area contributed by atoms with Crippen LogP contribution < -0.4 is 0 Å². The van der Waals surface area contributed by atoms with Gasteiger partial charge in [-0.3, -0.25) is 0 Å². The Bertz CT molecular complexity index is 602. The van der Waals surface area contributed by atoms with Crippen LogP contribution in [0.4, 0.5) is 0 Å². The molecule has 0 aliphatic rings. The minimum Gasteiger partial charge on any atom is -0.223 e. The second-order valence-corrected chi connectivity index (χ2v) is 6.20. The first kappa shape index (κ1) is 10.5. The van der Waals surface area contributed by atoms with Crippen LogP contribution in [0.3, 0.4) is 0 Å². The van der Waals surface area contributed by atoms with Gasteiger partial charge in [0.2, 0.25) is 15.0 Å². The van der Waals surface area contributed by atoms with Crippen LogP contribution in [0.5, 0.6) is 0 Å². The van der Waals surface area contributed by atoms with E-state index in [9.17, 15) is 8.42 Å². The van der Waals surface area contributed by atoms with Crippen molar-refractivity contribution in [2.45, 2.75) is 19.0 Å². The highest BCUT2D eigenvalue weighted by Gasteiger charge is 2.17. The summed E-state index contributed by atoms with van der Waals surface area (Å²) in [5, 5.41) is 2.75. The Labute approximate surface area is 91.9 Å². The van der Waals surface area contributed by atoms with Crippen LogP contribution in [0, 0.1) is 6.92 Å². The van der Waals surface area contributed by atoms with Gasteiger partial charge in [0.15, 0.2) is 0 Å². The fourth-order valence-electron chi connectivity index (χ4n) is 1.25. The van der Waals surface area contributed by atoms with Gasteiger partial charge in [0.25, 0.3) is 0 Å². The molecule has 0 N–H and O–H groups in total. The lowest BCUT2D eigenvalue weighted by molar-refractivity contribution is 0.588. The molecule has 0 aliphatic carbocycles. The molecule has 0 saturated heterocycles. The normalized spacial score (nSPS) is 12.1. The first-order chi connectivity index (χ1) is 7.04. The van der Waals surface area contributed by atoms with Gasteiger partial charge in [-0.15, -0.1) is 11.3 Å². The minimum atomic E-state index is -3.31. The molecule has 0 spiro atoms. The van der Waals surface area contributed by atoms with Crippen LogP contribution in [0.25, 0.3) is 10.2 Å². The summed E-state index contributed by atoms with van der Waals surface area (Å²) in [7, 11) is -3.31. The highest BCUT2D eigenvalue weighted by Crippen LogP contribution is 2.22. The molecule has 4 nitrogen and oxygen atoms in total. The number of rotatable bonds is 2. The van der Waals surface area contributed by atoms with Crippen molar-refractivity contribution in [2.75, 3.05) is 5.75 Å². The Hall–Kier alpha value is -1.01. The Balaban J connectivity index is 2.75. The van der Waals surface area contributed by atoms with Crippen molar-refractivity contribution >= 4 is 31.4 Å². The first-order valence-corrected chi connectivity index (χ1v) is 7.02. The average Bonchev–Trinajstić information content (AvgIpc) is 2.66. The molecule has 6 heteroatoms. The summed E-state index contributed by atoms with van der Waals surface area (Å²) >= 11 is 1.43. The number of sulfone groups is 1. The third-order valence-corrected chi connectivity index (χ3v) is 4.46. The smallest absolute Gasteiger partial charge is 0.223 e. The lowest BCUT2D eigenvalue weighted by atomic mass is 10.3. The highest BCUT2D eigenvalue weighted by molar-refractivity contribution is 7.91. The van der Waals surface area contributed by atoms with E-state index in [2.05, 4.69) is 9.97 Å². The van der Waals surface area contributed by atoms with Gasteiger partial charge < -0.3 is 0 Å². The van der Waals surface area contributed by atoms with Gasteiger partial charge in [0.1, 0.15) is 4.83 Å². The molecular weight excluding hydrogens is 232 g/mol. The molecule has 0 radical (unpaired) electrons. The number of aryl methyl sites for hydroxylation is 1. The van der Waals surface area contributed by atoms with Crippen LogP contribution in [0.1, 0.15) is 12.6 Å². The second-order valence-electron chi connectivity index (χ2n) is 3.13. The maximum atomic E-state index is 11.6. The monoisotopic (exact) mass is 242 g/mol. The zero-order chi connectivity index (χ0) is 11.1. The summed E-state index contributed by atoms with van der Waals surface area (Å²) in [5.41, 5.74) is 0.716. The molecule has 2 aromatic heterocycles. The minimum absolute atomic E-state index is 0.0311. The summed E-state index contributed by atoms with van der Waals surface area (Å²) in [6.07, 6.45) is 0. The molecular formula is C9H10N2O2S2. The number of fused-ring (bicyclic) bond motifs is 1. The summed E-state index contributed by atoms with van der Waals surface area (Å²) in [4.78, 5) is 8.81. The summed E-state index contributed by atoms with van der Waals surface area (Å²) in [6, 6.07) is 1.90. The molecule has 2 heterocycles. The maximum Gasteiger partial charge on any atom is 0.248 e. The van der Waals surface area contributed by atoms with Gasteiger partial charge in [0, 0.05) is 5.39 Å². The average molecular weight is 242 g/mol. The second kappa shape index (κ2) is 3.53. The number of thiophene rings is 1. The molecule has 0 unspecified atom stereocenters. The number of hydrogen-bond acceptors (Lipinski definition) is 5. The van der Waals surface area contributed by atoms with E-state index in [4.69, 9.17) is 0 Å². The topological polar surface area (TPSA) is 59.9 Å². The molecule has 0 bridgehead atoms. The van der Waals surface area contributed by atoms with Gasteiger partial charge in [-0.1, -0.05) is 6.92 Å². The fraction of sp³-hybridized carbons (Fsp3) is 0.333. The third-order valence-electron chi connectivity index (χ3n) is 2.15. The summed E-state index contributed by atoms with van der Waals surface area (Å²) in [5.74, 6) is 0.0311. The van der Waals surface area contributed by atoms with E-state index in [0.29, 0.717) is 5.69 Å². The van der Waals surface area contributed by atoms with Crippen LogP contribution in [0.2, 0.25) is 0 Å². The number of nitrogens with zero attached hydrogens (tertiary/aromatic N) is 2. The van der Waals surface area contributed by atoms with E-state index in [1.807, 2.05) is 11.4 Å². The van der Waals surface area contributed by atoms with Crippen LogP contribution in [-0.2, 0) is 9.84 Å². The van der Waals surface area contributed by atoms with Gasteiger partial charge >= 0.3 is 0 Å². The van der Waals surface area contributed by atoms with Gasteiger partial charge in [0.05, 0.1) is 11.4 Å². The van der Waals surface area contributed by atoms with Gasteiger partial charge in [-0.2, -0.15) is 0 Å². The molecule has 2 rings (SSSR count). The van der Waals surface area contributed by atoms with E-state index < -0.39 is 9.84 Å². The Kier molecular flexibility index (Phi) is 2.47. The lowest BCUT2D eigenvalue weighted by Crippen LogP contribution is -2.09. The zero-order valence-corrected chi connectivity index (χ0v) is 10.0. The van der Waals surface area contributed by atoms with Crippen molar-refractivity contribution in [2.24, 2.45) is 0 Å². The maximum absolute atomic E-state index is 11.6. The molecule has 0 aromatic carbocycles. The van der Waals surface area contributed by atoms with Crippen LogP contribution >= 0.6 is 11.3 Å². The fourth-order valence-corrected chi connectivity index (χ4v) is 2.88. The lowest BCUT2D eigenvalue weighted by Gasteiger charge is -2.01. The highest BCUT2D eigenvalue weighted by atomic mass is 32.2. The van der Waals surface area contributed by atoms with Crippen molar-refractivity contribution < 1.29 is 8.42 Å². The van der Waals surface area contributed by atoms with Gasteiger partial charge in [-0.25, -0.2) is 18.4 Å². The van der Waals surface area contributed by atoms with Crippen molar-refractivity contribution in [3.63, 3.8) is 0 Å². The molecule has 15 heavy (non-hydrogen) atoms. The predicted molar refractivity (Wildman–Crippen MR) is 59.9 cm³/mol. The standard InChI is InChI=1S/C9H10N2O2S2/c1-3-15(12,13)9-10-6(2)7-4-5-14-8(7)11-9/h4-5H,3H2,1-2H3. The van der Waals surface area contributed by atoms with E-state index in [1.165, 1.54) is 11.3 Å². The predicted octanol–water partition coefficient (Wildman–Crippen LogP) is 1.79. The SMILES string of the molecule is CCS(=O)(=O)c1nc(C)c2ccsc2n1. The molecule has 2 aromatic rings. The Morgan fingerprint density at radius 2 is 2.13 bits per heavy atom. The molecule has 0 saturated carbocycles. The van der Waals surface area contributed by atoms with Crippen molar-refractivity contribution in [1.82, 2.24) is 9.97 Å². The van der Waals surface area contributed by atoms with E-state index >= 15 is 0 Å². The zero-order valence-electron chi connectivity index (χ0n) is 8.39. The molecule has 80 valence electrons. The Morgan fingerprint density at radius 3 is 2.80 bits per heavy atom. The quantitative estimate of drug-likeness (QED) is 0.753. The number of aromatic nitrogens is 2. The molecule has 0 fully saturated rings. The van der Waals surface area contributed by atoms with E-state index in [0.717, 1.165) is 10.2 Å². The molecule has 0 amide bonds. The number of hydrogen-bond donors (Lipinski definition) is 0. The van der Waals surface area contributed by atoms with Crippen molar-refractivity contribution in [3.05, 3.63) is 17.1 Å². The van der Waals surface area contributed by atoms with Gasteiger partial charge in [-0.05, 0) is 18.4 Å². The largest absolute Gasteiger partial charge is 0.248 e. The van der Waals surface area contributed by atoms with E-state index in [1.54, 1.807) is 13.8 Å². The van der Waals surface area contributed by atoms with E-state index in [-0.39, 0.29) is 10.9 Å². The van der Waals surface area contributed by atoms with Crippen molar-refractivity contribution in [3.8, 4) is 0 Å². The summed E-state index contributed by atoms with van der Waals surface area (Å²) < 4.78 is 23.2. The molecule has 0 atom stereocenters. The third kappa shape index (κ3) is 1.74. The Morgan fingerprint density at radius 1 is 1.40 bits per heavy atom. The first-order valence-electron chi connectivity index (χ1n) is 4.49. The van der Waals surface area contributed by atoms with Crippen molar-refractivity contribution in [1.29, 1.82) is 0 Å². The molecule has 0 aliphatic heterocycles. The van der Waals surface area contributed by atoms with Crippen LogP contribution in [-0.4, -0.2) is 24.1 Å². The van der Waals surface area contributed by atoms with Crippen LogP contribution in [0.15, 0.2) is 16.6 Å².